The average molecular weight is 195 g/mol. The molecule has 0 rings (SSSR count). The van der Waals surface area contributed by atoms with E-state index in [1.165, 1.54) is 18.2 Å². The van der Waals surface area contributed by atoms with Crippen molar-refractivity contribution in [2.24, 2.45) is 15.0 Å². The van der Waals surface area contributed by atoms with Gasteiger partial charge in [0.25, 0.3) is 0 Å². The Morgan fingerprint density at radius 3 is 2.29 bits per heavy atom. The lowest BCUT2D eigenvalue weighted by atomic mass is 10.1. The molecule has 0 aromatic carbocycles. The topological polar surface area (TPSA) is 88.3 Å². The minimum absolute atomic E-state index is 0.115. The number of nitrogens with zero attached hydrogens (tertiary/aromatic N) is 3. The Kier molecular flexibility index (Phi) is 8.00. The molecular weight excluding hydrogens is 186 g/mol. The first-order valence-corrected chi connectivity index (χ1v) is 3.99. The third-order valence-electron chi connectivity index (χ3n) is 1.47. The molecule has 0 amide bonds. The van der Waals surface area contributed by atoms with E-state index >= 15 is 0 Å². The maximum Gasteiger partial charge on any atom is 0.235 e. The first-order valence-electron chi connectivity index (χ1n) is 3.99. The molecule has 74 valence electrons. The molecule has 0 saturated carbocycles. The molecule has 0 spiro atoms. The van der Waals surface area contributed by atoms with Crippen LogP contribution in [-0.4, -0.2) is 37.4 Å². The zero-order valence-electron chi connectivity index (χ0n) is 7.47. The molecule has 0 aliphatic carbocycles. The van der Waals surface area contributed by atoms with Gasteiger partial charge in [0.2, 0.25) is 18.2 Å². The third-order valence-corrected chi connectivity index (χ3v) is 1.47. The Hall–Kier alpha value is -1.86. The summed E-state index contributed by atoms with van der Waals surface area (Å²) >= 11 is 0. The summed E-state index contributed by atoms with van der Waals surface area (Å²) in [6.07, 6.45) is 5.25. The maximum atomic E-state index is 9.95. The Morgan fingerprint density at radius 1 is 1.00 bits per heavy atom. The molecule has 0 saturated heterocycles. The van der Waals surface area contributed by atoms with Gasteiger partial charge in [-0.1, -0.05) is 0 Å². The molecule has 6 nitrogen and oxygen atoms in total. The van der Waals surface area contributed by atoms with Crippen LogP contribution in [0.5, 0.6) is 0 Å². The van der Waals surface area contributed by atoms with Gasteiger partial charge < -0.3 is 0 Å². The summed E-state index contributed by atoms with van der Waals surface area (Å²) in [5.41, 5.74) is 0. The Labute approximate surface area is 80.5 Å². The summed E-state index contributed by atoms with van der Waals surface area (Å²) in [6, 6.07) is -0.379. The summed E-state index contributed by atoms with van der Waals surface area (Å²) in [4.78, 5) is 39.5. The molecule has 1 atom stereocenters. The van der Waals surface area contributed by atoms with Gasteiger partial charge in [0.15, 0.2) is 0 Å². The van der Waals surface area contributed by atoms with Crippen LogP contribution in [0.2, 0.25) is 0 Å². The maximum absolute atomic E-state index is 9.95. The van der Waals surface area contributed by atoms with Crippen molar-refractivity contribution >= 4 is 18.2 Å². The van der Waals surface area contributed by atoms with E-state index in [2.05, 4.69) is 15.0 Å². The fraction of sp³-hybridized carbons (Fsp3) is 0.625. The van der Waals surface area contributed by atoms with Crippen LogP contribution in [0.1, 0.15) is 12.8 Å². The number of hydrogen-bond acceptors (Lipinski definition) is 6. The van der Waals surface area contributed by atoms with Gasteiger partial charge in [-0.25, -0.2) is 29.4 Å². The van der Waals surface area contributed by atoms with Crippen LogP contribution in [0.4, 0.5) is 0 Å². The first-order chi connectivity index (χ1) is 6.85. The van der Waals surface area contributed by atoms with Crippen molar-refractivity contribution in [3.63, 3.8) is 0 Å². The van der Waals surface area contributed by atoms with Crippen LogP contribution in [0.15, 0.2) is 15.0 Å². The van der Waals surface area contributed by atoms with Crippen molar-refractivity contribution in [1.29, 1.82) is 0 Å². The van der Waals surface area contributed by atoms with Gasteiger partial charge in [-0.05, 0) is 12.8 Å². The molecule has 0 aliphatic heterocycles. The number of isocyanates is 3. The van der Waals surface area contributed by atoms with Crippen LogP contribution in [0.25, 0.3) is 0 Å². The summed E-state index contributed by atoms with van der Waals surface area (Å²) in [7, 11) is 0. The minimum Gasteiger partial charge on any atom is -0.211 e. The number of rotatable bonds is 7. The van der Waals surface area contributed by atoms with Crippen LogP contribution in [0, 0.1) is 0 Å². The van der Waals surface area contributed by atoms with Gasteiger partial charge >= 0.3 is 0 Å². The standard InChI is InChI=1S/C8H9N3O3/c12-5-9-3-1-2-8(11-7-14)4-10-6-13/h8H,1-4H2. The van der Waals surface area contributed by atoms with Gasteiger partial charge in [0.1, 0.15) is 0 Å². The molecule has 0 N–H and O–H groups in total. The highest BCUT2D eigenvalue weighted by Gasteiger charge is 2.04. The summed E-state index contributed by atoms with van der Waals surface area (Å²) in [5, 5.41) is 0. The fourth-order valence-electron chi connectivity index (χ4n) is 0.865. The van der Waals surface area contributed by atoms with Crippen molar-refractivity contribution in [1.82, 2.24) is 0 Å². The van der Waals surface area contributed by atoms with Crippen LogP contribution >= 0.6 is 0 Å². The second-order valence-electron chi connectivity index (χ2n) is 2.42. The van der Waals surface area contributed by atoms with Crippen molar-refractivity contribution in [3.05, 3.63) is 0 Å². The number of carbonyl (C=O) groups excluding carboxylic acids is 3. The molecule has 0 aromatic rings. The highest BCUT2D eigenvalue weighted by Crippen LogP contribution is 2.01. The Bertz CT molecular complexity index is 297. The van der Waals surface area contributed by atoms with E-state index < -0.39 is 0 Å². The molecular formula is C8H9N3O3. The number of hydrogen-bond donors (Lipinski definition) is 0. The summed E-state index contributed by atoms with van der Waals surface area (Å²) in [6.45, 7) is 0.447. The van der Waals surface area contributed by atoms with Crippen LogP contribution < -0.4 is 0 Å². The number of aliphatic imine (C=N–C) groups is 3. The predicted octanol–water partition coefficient (Wildman–Crippen LogP) is 0.143. The van der Waals surface area contributed by atoms with E-state index in [0.29, 0.717) is 19.4 Å². The highest BCUT2D eigenvalue weighted by atomic mass is 16.1. The van der Waals surface area contributed by atoms with Gasteiger partial charge in [-0.15, -0.1) is 0 Å². The lowest BCUT2D eigenvalue weighted by molar-refractivity contribution is 0.538. The quantitative estimate of drug-likeness (QED) is 0.329. The highest BCUT2D eigenvalue weighted by molar-refractivity contribution is 5.35. The molecule has 0 fully saturated rings. The van der Waals surface area contributed by atoms with E-state index in [0.717, 1.165) is 0 Å². The predicted molar refractivity (Wildman–Crippen MR) is 47.1 cm³/mol. The van der Waals surface area contributed by atoms with E-state index in [9.17, 15) is 14.4 Å². The van der Waals surface area contributed by atoms with Crippen molar-refractivity contribution < 1.29 is 14.4 Å². The van der Waals surface area contributed by atoms with Crippen molar-refractivity contribution in [2.45, 2.75) is 18.9 Å². The average Bonchev–Trinajstić information content (AvgIpc) is 2.20. The normalized spacial score (nSPS) is 10.3. The third kappa shape index (κ3) is 6.83. The van der Waals surface area contributed by atoms with E-state index in [-0.39, 0.29) is 12.6 Å². The lowest BCUT2D eigenvalue weighted by Crippen LogP contribution is -2.09. The molecule has 0 heterocycles. The molecule has 0 aliphatic rings. The SMILES string of the molecule is O=C=NCCCC(CN=C=O)N=C=O. The second kappa shape index (κ2) is 9.23. The molecule has 0 radical (unpaired) electrons. The molecule has 0 aromatic heterocycles. The van der Waals surface area contributed by atoms with Crippen molar-refractivity contribution in [2.75, 3.05) is 13.1 Å². The second-order valence-corrected chi connectivity index (χ2v) is 2.42. The van der Waals surface area contributed by atoms with Gasteiger partial charge in [-0.2, -0.15) is 0 Å². The first kappa shape index (κ1) is 12.1. The molecule has 6 heteroatoms. The fourth-order valence-corrected chi connectivity index (χ4v) is 0.865. The van der Waals surface area contributed by atoms with E-state index in [1.807, 2.05) is 0 Å². The summed E-state index contributed by atoms with van der Waals surface area (Å²) < 4.78 is 0. The van der Waals surface area contributed by atoms with Gasteiger partial charge in [0.05, 0.1) is 19.1 Å². The Morgan fingerprint density at radius 2 is 1.71 bits per heavy atom. The Balaban J connectivity index is 3.89. The smallest absolute Gasteiger partial charge is 0.211 e. The largest absolute Gasteiger partial charge is 0.235 e. The van der Waals surface area contributed by atoms with Gasteiger partial charge in [0, 0.05) is 0 Å². The monoisotopic (exact) mass is 195 g/mol. The zero-order chi connectivity index (χ0) is 10.6. The molecule has 0 bridgehead atoms. The minimum atomic E-state index is -0.379. The van der Waals surface area contributed by atoms with Crippen LogP contribution in [-0.2, 0) is 14.4 Å². The van der Waals surface area contributed by atoms with Crippen molar-refractivity contribution in [3.8, 4) is 0 Å². The summed E-state index contributed by atoms with van der Waals surface area (Å²) in [5.74, 6) is 0. The van der Waals surface area contributed by atoms with Crippen LogP contribution in [0.3, 0.4) is 0 Å². The zero-order valence-corrected chi connectivity index (χ0v) is 7.47. The lowest BCUT2D eigenvalue weighted by Gasteiger charge is -2.03. The van der Waals surface area contributed by atoms with E-state index in [1.54, 1.807) is 0 Å². The molecule has 1 unspecified atom stereocenters. The van der Waals surface area contributed by atoms with Gasteiger partial charge in [-0.3, -0.25) is 0 Å². The van der Waals surface area contributed by atoms with E-state index in [4.69, 9.17) is 0 Å². The molecule has 14 heavy (non-hydrogen) atoms.